The fourth-order valence-electron chi connectivity index (χ4n) is 2.51. The van der Waals surface area contributed by atoms with E-state index in [2.05, 4.69) is 39.8 Å². The molecule has 1 fully saturated rings. The molecule has 0 radical (unpaired) electrons. The Balaban J connectivity index is 2.04. The Morgan fingerprint density at radius 2 is 2.00 bits per heavy atom. The second-order valence-electron chi connectivity index (χ2n) is 5.90. The van der Waals surface area contributed by atoms with Crippen molar-refractivity contribution in [3.63, 3.8) is 0 Å². The molecule has 20 heavy (non-hydrogen) atoms. The maximum atomic E-state index is 12.2. The minimum atomic E-state index is -3.44. The lowest BCUT2D eigenvalue weighted by atomic mass is 9.78. The third kappa shape index (κ3) is 3.81. The van der Waals surface area contributed by atoms with Gasteiger partial charge in [-0.1, -0.05) is 29.8 Å². The zero-order chi connectivity index (χ0) is 14.8. The number of piperidine rings is 1. The molecule has 1 atom stereocenters. The van der Waals surface area contributed by atoms with Crippen molar-refractivity contribution in [2.24, 2.45) is 5.41 Å². The van der Waals surface area contributed by atoms with Crippen LogP contribution in [0.3, 0.4) is 0 Å². The lowest BCUT2D eigenvalue weighted by Crippen LogP contribution is -2.52. The minimum absolute atomic E-state index is 0.112. The fourth-order valence-corrected chi connectivity index (χ4v) is 3.82. The van der Waals surface area contributed by atoms with Gasteiger partial charge in [-0.05, 0) is 49.1 Å². The Morgan fingerprint density at radius 1 is 1.35 bits per heavy atom. The fraction of sp³-hybridized carbons (Fsp3) is 0.571. The first-order valence-electron chi connectivity index (χ1n) is 6.80. The standard InChI is InChI=1S/C14H21BrN2O2S/c1-14(2)8-3-9-16-13(14)10-17-20(18,19)12-6-4-11(15)5-7-12/h4-7,13,16-17H,3,8-10H2,1-2H3. The molecule has 0 spiro atoms. The molecule has 0 aliphatic carbocycles. The van der Waals surface area contributed by atoms with E-state index in [1.54, 1.807) is 24.3 Å². The number of nitrogens with one attached hydrogen (secondary N) is 2. The van der Waals surface area contributed by atoms with Crippen LogP contribution in [0.1, 0.15) is 26.7 Å². The van der Waals surface area contributed by atoms with Crippen LogP contribution in [-0.4, -0.2) is 27.5 Å². The maximum absolute atomic E-state index is 12.2. The van der Waals surface area contributed by atoms with Crippen LogP contribution >= 0.6 is 15.9 Å². The summed E-state index contributed by atoms with van der Waals surface area (Å²) in [5.74, 6) is 0. The van der Waals surface area contributed by atoms with Gasteiger partial charge in [-0.15, -0.1) is 0 Å². The molecular weight excluding hydrogens is 340 g/mol. The normalized spacial score (nSPS) is 22.6. The van der Waals surface area contributed by atoms with Crippen molar-refractivity contribution in [1.82, 2.24) is 10.0 Å². The van der Waals surface area contributed by atoms with Crippen molar-refractivity contribution >= 4 is 26.0 Å². The Bertz CT molecular complexity index is 555. The lowest BCUT2D eigenvalue weighted by molar-refractivity contribution is 0.181. The minimum Gasteiger partial charge on any atom is -0.312 e. The average molecular weight is 361 g/mol. The van der Waals surface area contributed by atoms with E-state index in [1.807, 2.05) is 0 Å². The van der Waals surface area contributed by atoms with E-state index in [0.717, 1.165) is 23.9 Å². The molecule has 1 aliphatic heterocycles. The van der Waals surface area contributed by atoms with Gasteiger partial charge in [0, 0.05) is 17.1 Å². The zero-order valence-corrected chi connectivity index (χ0v) is 14.2. The summed E-state index contributed by atoms with van der Waals surface area (Å²) >= 11 is 3.30. The Kier molecular flexibility index (Phi) is 4.89. The van der Waals surface area contributed by atoms with Crippen molar-refractivity contribution < 1.29 is 8.42 Å². The van der Waals surface area contributed by atoms with Gasteiger partial charge in [0.2, 0.25) is 10.0 Å². The first kappa shape index (κ1) is 15.9. The van der Waals surface area contributed by atoms with E-state index >= 15 is 0 Å². The Hall–Kier alpha value is -0.430. The summed E-state index contributed by atoms with van der Waals surface area (Å²) in [7, 11) is -3.44. The van der Waals surface area contributed by atoms with Crippen LogP contribution in [0.15, 0.2) is 33.6 Å². The molecule has 0 saturated carbocycles. The molecule has 1 aromatic carbocycles. The van der Waals surface area contributed by atoms with Crippen LogP contribution in [0.4, 0.5) is 0 Å². The van der Waals surface area contributed by atoms with Crippen LogP contribution in [0.2, 0.25) is 0 Å². The molecule has 1 aliphatic rings. The average Bonchev–Trinajstić information content (AvgIpc) is 2.37. The summed E-state index contributed by atoms with van der Waals surface area (Å²) in [6, 6.07) is 6.84. The van der Waals surface area contributed by atoms with Gasteiger partial charge in [0.05, 0.1) is 4.90 Å². The van der Waals surface area contributed by atoms with E-state index < -0.39 is 10.0 Å². The molecular formula is C14H21BrN2O2S. The molecule has 112 valence electrons. The molecule has 4 nitrogen and oxygen atoms in total. The van der Waals surface area contributed by atoms with Gasteiger partial charge >= 0.3 is 0 Å². The van der Waals surface area contributed by atoms with E-state index in [0.29, 0.717) is 11.4 Å². The van der Waals surface area contributed by atoms with Crippen molar-refractivity contribution in [1.29, 1.82) is 0 Å². The van der Waals surface area contributed by atoms with Gasteiger partial charge in [-0.2, -0.15) is 0 Å². The molecule has 0 bridgehead atoms. The highest BCUT2D eigenvalue weighted by Crippen LogP contribution is 2.29. The van der Waals surface area contributed by atoms with Gasteiger partial charge < -0.3 is 5.32 Å². The van der Waals surface area contributed by atoms with Crippen molar-refractivity contribution in [3.05, 3.63) is 28.7 Å². The molecule has 1 saturated heterocycles. The molecule has 1 heterocycles. The van der Waals surface area contributed by atoms with Crippen molar-refractivity contribution in [2.75, 3.05) is 13.1 Å². The summed E-state index contributed by atoms with van der Waals surface area (Å²) in [6.07, 6.45) is 2.26. The largest absolute Gasteiger partial charge is 0.312 e. The highest BCUT2D eigenvalue weighted by atomic mass is 79.9. The van der Waals surface area contributed by atoms with Gasteiger partial charge in [-0.25, -0.2) is 13.1 Å². The molecule has 0 amide bonds. The van der Waals surface area contributed by atoms with Crippen LogP contribution in [-0.2, 0) is 10.0 Å². The highest BCUT2D eigenvalue weighted by Gasteiger charge is 2.32. The molecule has 2 rings (SSSR count). The highest BCUT2D eigenvalue weighted by molar-refractivity contribution is 9.10. The number of sulfonamides is 1. The van der Waals surface area contributed by atoms with E-state index in [-0.39, 0.29) is 11.5 Å². The Labute approximate surface area is 129 Å². The van der Waals surface area contributed by atoms with Gasteiger partial charge in [0.15, 0.2) is 0 Å². The monoisotopic (exact) mass is 360 g/mol. The smallest absolute Gasteiger partial charge is 0.240 e. The van der Waals surface area contributed by atoms with Gasteiger partial charge in [0.1, 0.15) is 0 Å². The molecule has 1 aromatic rings. The van der Waals surface area contributed by atoms with Crippen LogP contribution < -0.4 is 10.0 Å². The van der Waals surface area contributed by atoms with Crippen LogP contribution in [0.5, 0.6) is 0 Å². The molecule has 1 unspecified atom stereocenters. The summed E-state index contributed by atoms with van der Waals surface area (Å²) in [5, 5.41) is 3.41. The quantitative estimate of drug-likeness (QED) is 0.867. The predicted octanol–water partition coefficient (Wildman–Crippen LogP) is 2.51. The topological polar surface area (TPSA) is 58.2 Å². The van der Waals surface area contributed by atoms with Crippen LogP contribution in [0, 0.1) is 5.41 Å². The first-order valence-corrected chi connectivity index (χ1v) is 9.07. The summed E-state index contributed by atoms with van der Waals surface area (Å²) in [6.45, 7) is 5.73. The number of rotatable bonds is 4. The molecule has 0 aromatic heterocycles. The molecule has 6 heteroatoms. The van der Waals surface area contributed by atoms with E-state index in [1.165, 1.54) is 0 Å². The Morgan fingerprint density at radius 3 is 2.60 bits per heavy atom. The number of halogens is 1. The van der Waals surface area contributed by atoms with E-state index in [9.17, 15) is 8.42 Å². The van der Waals surface area contributed by atoms with Crippen molar-refractivity contribution in [3.8, 4) is 0 Å². The summed E-state index contributed by atoms with van der Waals surface area (Å²) in [5.41, 5.74) is 0.112. The predicted molar refractivity (Wildman–Crippen MR) is 84.1 cm³/mol. The second kappa shape index (κ2) is 6.13. The van der Waals surface area contributed by atoms with Gasteiger partial charge in [-0.3, -0.25) is 0 Å². The van der Waals surface area contributed by atoms with E-state index in [4.69, 9.17) is 0 Å². The first-order chi connectivity index (χ1) is 9.31. The van der Waals surface area contributed by atoms with Crippen LogP contribution in [0.25, 0.3) is 0 Å². The molecule has 2 N–H and O–H groups in total. The third-order valence-corrected chi connectivity index (χ3v) is 5.90. The summed E-state index contributed by atoms with van der Waals surface area (Å²) in [4.78, 5) is 0.300. The number of benzene rings is 1. The maximum Gasteiger partial charge on any atom is 0.240 e. The third-order valence-electron chi connectivity index (χ3n) is 3.93. The number of hydrogen-bond donors (Lipinski definition) is 2. The lowest BCUT2D eigenvalue weighted by Gasteiger charge is -2.39. The van der Waals surface area contributed by atoms with Gasteiger partial charge in [0.25, 0.3) is 0 Å². The SMILES string of the molecule is CC1(C)CCCNC1CNS(=O)(=O)c1ccc(Br)cc1. The zero-order valence-electron chi connectivity index (χ0n) is 11.8. The number of hydrogen-bond acceptors (Lipinski definition) is 3. The second-order valence-corrected chi connectivity index (χ2v) is 8.59. The summed E-state index contributed by atoms with van der Waals surface area (Å²) < 4.78 is 28.1. The van der Waals surface area contributed by atoms with Crippen molar-refractivity contribution in [2.45, 2.75) is 37.6 Å².